The van der Waals surface area contributed by atoms with Gasteiger partial charge in [0.05, 0.1) is 0 Å². The highest BCUT2D eigenvalue weighted by Crippen LogP contribution is 2.26. The summed E-state index contributed by atoms with van der Waals surface area (Å²) < 4.78 is 0. The SMILES string of the molecule is Cc1ccc(SCc2cccnc2NN)cc1C. The molecule has 0 fully saturated rings. The lowest BCUT2D eigenvalue weighted by molar-refractivity contribution is 1.18. The van der Waals surface area contributed by atoms with E-state index >= 15 is 0 Å². The molecule has 0 amide bonds. The van der Waals surface area contributed by atoms with Gasteiger partial charge in [-0.25, -0.2) is 10.8 Å². The van der Waals surface area contributed by atoms with Crippen LogP contribution in [-0.4, -0.2) is 4.98 Å². The maximum atomic E-state index is 5.44. The van der Waals surface area contributed by atoms with Gasteiger partial charge in [0.15, 0.2) is 0 Å². The van der Waals surface area contributed by atoms with Gasteiger partial charge in [0.25, 0.3) is 0 Å². The van der Waals surface area contributed by atoms with Crippen molar-refractivity contribution in [2.24, 2.45) is 5.84 Å². The average Bonchev–Trinajstić information content (AvgIpc) is 2.40. The second-order valence-electron chi connectivity index (χ2n) is 4.19. The Bertz CT molecular complexity index is 540. The monoisotopic (exact) mass is 259 g/mol. The molecule has 0 aliphatic rings. The van der Waals surface area contributed by atoms with Gasteiger partial charge in [-0.3, -0.25) is 0 Å². The van der Waals surface area contributed by atoms with Gasteiger partial charge in [0, 0.05) is 22.4 Å². The second kappa shape index (κ2) is 5.89. The van der Waals surface area contributed by atoms with E-state index in [0.29, 0.717) is 0 Å². The number of benzene rings is 1. The normalized spacial score (nSPS) is 10.4. The first kappa shape index (κ1) is 12.9. The molecule has 1 aromatic carbocycles. The van der Waals surface area contributed by atoms with Gasteiger partial charge in [-0.2, -0.15) is 0 Å². The molecule has 1 heterocycles. The Balaban J connectivity index is 2.09. The molecular formula is C14H17N3S. The second-order valence-corrected chi connectivity index (χ2v) is 5.24. The maximum Gasteiger partial charge on any atom is 0.143 e. The van der Waals surface area contributed by atoms with Gasteiger partial charge in [-0.05, 0) is 43.2 Å². The number of aryl methyl sites for hydroxylation is 2. The van der Waals surface area contributed by atoms with Crippen LogP contribution in [0.5, 0.6) is 0 Å². The van der Waals surface area contributed by atoms with Gasteiger partial charge in [-0.15, -0.1) is 11.8 Å². The van der Waals surface area contributed by atoms with Crippen LogP contribution in [0.1, 0.15) is 16.7 Å². The Morgan fingerprint density at radius 3 is 2.78 bits per heavy atom. The van der Waals surface area contributed by atoms with Crippen LogP contribution < -0.4 is 11.3 Å². The third-order valence-electron chi connectivity index (χ3n) is 2.90. The highest BCUT2D eigenvalue weighted by Gasteiger charge is 2.03. The van der Waals surface area contributed by atoms with Crippen LogP contribution in [0.2, 0.25) is 0 Å². The number of nitrogen functional groups attached to an aromatic ring is 1. The molecule has 2 aromatic rings. The first-order chi connectivity index (χ1) is 8.70. The van der Waals surface area contributed by atoms with Crippen LogP contribution in [0.4, 0.5) is 5.82 Å². The Morgan fingerprint density at radius 2 is 2.06 bits per heavy atom. The van der Waals surface area contributed by atoms with Crippen molar-refractivity contribution in [2.75, 3.05) is 5.43 Å². The summed E-state index contributed by atoms with van der Waals surface area (Å²) >= 11 is 1.79. The third kappa shape index (κ3) is 3.03. The number of hydrogen-bond donors (Lipinski definition) is 2. The molecule has 1 aromatic heterocycles. The van der Waals surface area contributed by atoms with Crippen molar-refractivity contribution < 1.29 is 0 Å². The van der Waals surface area contributed by atoms with Gasteiger partial charge < -0.3 is 5.43 Å². The van der Waals surface area contributed by atoms with E-state index in [1.165, 1.54) is 16.0 Å². The third-order valence-corrected chi connectivity index (χ3v) is 3.94. The molecule has 94 valence electrons. The number of nitrogens with one attached hydrogen (secondary N) is 1. The van der Waals surface area contributed by atoms with Gasteiger partial charge in [0.2, 0.25) is 0 Å². The molecule has 0 aliphatic heterocycles. The average molecular weight is 259 g/mol. The molecule has 3 nitrogen and oxygen atoms in total. The van der Waals surface area contributed by atoms with Crippen LogP contribution in [0, 0.1) is 13.8 Å². The van der Waals surface area contributed by atoms with E-state index in [1.807, 2.05) is 12.1 Å². The number of aromatic nitrogens is 1. The Labute approximate surface area is 112 Å². The fourth-order valence-electron chi connectivity index (χ4n) is 1.65. The minimum atomic E-state index is 0.744. The lowest BCUT2D eigenvalue weighted by Crippen LogP contribution is -2.10. The zero-order valence-corrected chi connectivity index (χ0v) is 11.4. The molecule has 4 heteroatoms. The van der Waals surface area contributed by atoms with Crippen molar-refractivity contribution in [3.05, 3.63) is 53.2 Å². The molecule has 18 heavy (non-hydrogen) atoms. The van der Waals surface area contributed by atoms with E-state index in [0.717, 1.165) is 17.1 Å². The summed E-state index contributed by atoms with van der Waals surface area (Å²) in [6.07, 6.45) is 1.74. The first-order valence-electron chi connectivity index (χ1n) is 5.81. The van der Waals surface area contributed by atoms with Crippen molar-refractivity contribution >= 4 is 17.6 Å². The smallest absolute Gasteiger partial charge is 0.143 e. The predicted octanol–water partition coefficient (Wildman–Crippen LogP) is 3.28. The number of thioether (sulfide) groups is 1. The van der Waals surface area contributed by atoms with Crippen molar-refractivity contribution in [2.45, 2.75) is 24.5 Å². The van der Waals surface area contributed by atoms with Gasteiger partial charge in [-0.1, -0.05) is 12.1 Å². The van der Waals surface area contributed by atoms with Crippen LogP contribution in [0.15, 0.2) is 41.4 Å². The topological polar surface area (TPSA) is 50.9 Å². The molecule has 0 bridgehead atoms. The Morgan fingerprint density at radius 1 is 1.22 bits per heavy atom. The van der Waals surface area contributed by atoms with Crippen molar-refractivity contribution in [1.29, 1.82) is 0 Å². The molecule has 3 N–H and O–H groups in total. The summed E-state index contributed by atoms with van der Waals surface area (Å²) in [5.41, 5.74) is 6.39. The highest BCUT2D eigenvalue weighted by molar-refractivity contribution is 7.98. The number of hydrogen-bond acceptors (Lipinski definition) is 4. The predicted molar refractivity (Wildman–Crippen MR) is 77.5 cm³/mol. The minimum absolute atomic E-state index is 0.744. The van der Waals surface area contributed by atoms with Crippen LogP contribution in [0.25, 0.3) is 0 Å². The van der Waals surface area contributed by atoms with E-state index < -0.39 is 0 Å². The summed E-state index contributed by atoms with van der Waals surface area (Å²) in [6, 6.07) is 10.5. The molecule has 0 atom stereocenters. The molecule has 0 saturated carbocycles. The molecule has 0 spiro atoms. The van der Waals surface area contributed by atoms with Crippen LogP contribution in [0.3, 0.4) is 0 Å². The summed E-state index contributed by atoms with van der Waals surface area (Å²) in [5, 5.41) is 0. The summed E-state index contributed by atoms with van der Waals surface area (Å²) in [6.45, 7) is 4.26. The van der Waals surface area contributed by atoms with E-state index in [-0.39, 0.29) is 0 Å². The zero-order valence-electron chi connectivity index (χ0n) is 10.6. The zero-order chi connectivity index (χ0) is 13.0. The highest BCUT2D eigenvalue weighted by atomic mass is 32.2. The molecule has 0 unspecified atom stereocenters. The van der Waals surface area contributed by atoms with Gasteiger partial charge in [0.1, 0.15) is 5.82 Å². The van der Waals surface area contributed by atoms with Crippen molar-refractivity contribution in [3.63, 3.8) is 0 Å². The number of pyridine rings is 1. The van der Waals surface area contributed by atoms with Crippen LogP contribution in [-0.2, 0) is 5.75 Å². The van der Waals surface area contributed by atoms with Crippen molar-refractivity contribution in [3.8, 4) is 0 Å². The summed E-state index contributed by atoms with van der Waals surface area (Å²) in [7, 11) is 0. The largest absolute Gasteiger partial charge is 0.308 e. The van der Waals surface area contributed by atoms with E-state index in [2.05, 4.69) is 42.5 Å². The summed E-state index contributed by atoms with van der Waals surface area (Å²) in [4.78, 5) is 5.46. The van der Waals surface area contributed by atoms with E-state index in [4.69, 9.17) is 5.84 Å². The van der Waals surface area contributed by atoms with E-state index in [1.54, 1.807) is 18.0 Å². The number of nitrogens with two attached hydrogens (primary N) is 1. The molecule has 0 saturated heterocycles. The Kier molecular flexibility index (Phi) is 4.23. The quantitative estimate of drug-likeness (QED) is 0.502. The fourth-order valence-corrected chi connectivity index (χ4v) is 2.63. The Hall–Kier alpha value is -1.52. The number of hydrazine groups is 1. The molecule has 0 aliphatic carbocycles. The first-order valence-corrected chi connectivity index (χ1v) is 6.80. The van der Waals surface area contributed by atoms with E-state index in [9.17, 15) is 0 Å². The summed E-state index contributed by atoms with van der Waals surface area (Å²) in [5.74, 6) is 7.04. The standard InChI is InChI=1S/C14H17N3S/c1-10-5-6-13(8-11(10)2)18-9-12-4-3-7-16-14(12)17-15/h3-8H,9,15H2,1-2H3,(H,16,17). The number of rotatable bonds is 4. The maximum absolute atomic E-state index is 5.44. The fraction of sp³-hybridized carbons (Fsp3) is 0.214. The van der Waals surface area contributed by atoms with Gasteiger partial charge >= 0.3 is 0 Å². The lowest BCUT2D eigenvalue weighted by Gasteiger charge is -2.08. The lowest BCUT2D eigenvalue weighted by atomic mass is 10.1. The molecule has 0 radical (unpaired) electrons. The number of nitrogens with zero attached hydrogens (tertiary/aromatic N) is 1. The number of anilines is 1. The van der Waals surface area contributed by atoms with Crippen molar-refractivity contribution in [1.82, 2.24) is 4.98 Å². The minimum Gasteiger partial charge on any atom is -0.308 e. The molecule has 2 rings (SSSR count). The molecular weight excluding hydrogens is 242 g/mol. The van der Waals surface area contributed by atoms with Crippen LogP contribution >= 0.6 is 11.8 Å².